The minimum Gasteiger partial charge on any atom is -0.373 e. The predicted molar refractivity (Wildman–Crippen MR) is 97.7 cm³/mol. The molecule has 2 aliphatic carbocycles. The average Bonchev–Trinajstić information content (AvgIpc) is 2.55. The summed E-state index contributed by atoms with van der Waals surface area (Å²) in [5.41, 5.74) is 0.566. The van der Waals surface area contributed by atoms with Crippen molar-refractivity contribution in [1.82, 2.24) is 4.90 Å². The van der Waals surface area contributed by atoms with E-state index >= 15 is 0 Å². The second-order valence-electron chi connectivity index (χ2n) is 9.37. The van der Waals surface area contributed by atoms with Crippen LogP contribution in [0, 0.1) is 17.3 Å². The third kappa shape index (κ3) is 4.12. The number of nitrogens with zero attached hydrogens (tertiary/aromatic N) is 1. The summed E-state index contributed by atoms with van der Waals surface area (Å²) in [5.74, 6) is 1.94. The minimum atomic E-state index is 0.412. The van der Waals surface area contributed by atoms with Crippen molar-refractivity contribution >= 4 is 0 Å². The second kappa shape index (κ2) is 7.44. The van der Waals surface area contributed by atoms with E-state index in [2.05, 4.69) is 32.6 Å². The molecule has 3 aliphatic rings. The van der Waals surface area contributed by atoms with Crippen LogP contribution in [0.1, 0.15) is 85.5 Å². The van der Waals surface area contributed by atoms with E-state index in [-0.39, 0.29) is 0 Å². The van der Waals surface area contributed by atoms with Crippen molar-refractivity contribution in [3.63, 3.8) is 0 Å². The fraction of sp³-hybridized carbons (Fsp3) is 1.00. The fourth-order valence-corrected chi connectivity index (χ4v) is 5.88. The van der Waals surface area contributed by atoms with Gasteiger partial charge in [0.1, 0.15) is 0 Å². The van der Waals surface area contributed by atoms with Crippen molar-refractivity contribution in [2.75, 3.05) is 13.1 Å². The molecule has 0 radical (unpaired) electrons. The van der Waals surface area contributed by atoms with Gasteiger partial charge in [0.15, 0.2) is 0 Å². The average molecular weight is 322 g/mol. The van der Waals surface area contributed by atoms with Gasteiger partial charge in [-0.2, -0.15) is 0 Å². The van der Waals surface area contributed by atoms with Crippen LogP contribution in [0.5, 0.6) is 0 Å². The summed E-state index contributed by atoms with van der Waals surface area (Å²) < 4.78 is 5.92. The molecule has 2 heteroatoms. The second-order valence-corrected chi connectivity index (χ2v) is 9.37. The van der Waals surface area contributed by atoms with Crippen molar-refractivity contribution < 1.29 is 4.74 Å². The molecule has 3 rings (SSSR count). The molecule has 23 heavy (non-hydrogen) atoms. The number of hydrogen-bond donors (Lipinski definition) is 0. The van der Waals surface area contributed by atoms with Crippen LogP contribution in [-0.2, 0) is 4.74 Å². The quantitative estimate of drug-likeness (QED) is 0.703. The molecule has 0 aromatic rings. The van der Waals surface area contributed by atoms with E-state index in [9.17, 15) is 0 Å². The lowest BCUT2D eigenvalue weighted by Crippen LogP contribution is -2.51. The van der Waals surface area contributed by atoms with Crippen molar-refractivity contribution in [1.29, 1.82) is 0 Å². The van der Waals surface area contributed by atoms with Gasteiger partial charge in [-0.25, -0.2) is 0 Å². The summed E-state index contributed by atoms with van der Waals surface area (Å²) in [6.45, 7) is 11.9. The first kappa shape index (κ1) is 17.7. The normalized spacial score (nSPS) is 38.6. The molecule has 2 nitrogen and oxygen atoms in total. The third-order valence-corrected chi connectivity index (χ3v) is 7.37. The van der Waals surface area contributed by atoms with Gasteiger partial charge < -0.3 is 4.74 Å². The van der Waals surface area contributed by atoms with Crippen molar-refractivity contribution in [2.24, 2.45) is 17.3 Å². The Balaban J connectivity index is 1.53. The van der Waals surface area contributed by atoms with Gasteiger partial charge in [0.25, 0.3) is 0 Å². The van der Waals surface area contributed by atoms with Gasteiger partial charge in [0.05, 0.1) is 12.2 Å². The lowest BCUT2D eigenvalue weighted by molar-refractivity contribution is -0.0883. The summed E-state index contributed by atoms with van der Waals surface area (Å²) in [6, 6.07) is 0.821. The molecule has 3 fully saturated rings. The highest BCUT2D eigenvalue weighted by atomic mass is 16.5. The fourth-order valence-electron chi connectivity index (χ4n) is 5.88. The molecule has 0 spiro atoms. The SMILES string of the molecule is CC1CN(C2CCC(C(C)(C)C3CCCCC3)CC2)CC(C)O1. The lowest BCUT2D eigenvalue weighted by Gasteiger charge is -2.48. The van der Waals surface area contributed by atoms with E-state index in [1.807, 2.05) is 0 Å². The summed E-state index contributed by atoms with van der Waals surface area (Å²) in [5, 5.41) is 0. The van der Waals surface area contributed by atoms with E-state index in [0.717, 1.165) is 31.0 Å². The van der Waals surface area contributed by atoms with Crippen LogP contribution in [0.3, 0.4) is 0 Å². The van der Waals surface area contributed by atoms with Crippen LogP contribution in [0.25, 0.3) is 0 Å². The molecule has 0 bridgehead atoms. The van der Waals surface area contributed by atoms with Crippen molar-refractivity contribution in [3.05, 3.63) is 0 Å². The van der Waals surface area contributed by atoms with Crippen LogP contribution in [0.15, 0.2) is 0 Å². The molecule has 1 heterocycles. The Labute approximate surface area is 144 Å². The van der Waals surface area contributed by atoms with E-state index in [1.165, 1.54) is 57.8 Å². The van der Waals surface area contributed by atoms with Gasteiger partial charge in [0, 0.05) is 19.1 Å². The van der Waals surface area contributed by atoms with Crippen molar-refractivity contribution in [2.45, 2.75) is 104 Å². The maximum Gasteiger partial charge on any atom is 0.0678 e. The van der Waals surface area contributed by atoms with Crippen LogP contribution < -0.4 is 0 Å². The molecular formula is C21H39NO. The van der Waals surface area contributed by atoms with Gasteiger partial charge in [0.2, 0.25) is 0 Å². The lowest BCUT2D eigenvalue weighted by atomic mass is 9.60. The maximum absolute atomic E-state index is 5.92. The van der Waals surface area contributed by atoms with Gasteiger partial charge in [-0.3, -0.25) is 4.90 Å². The Morgan fingerprint density at radius 3 is 1.83 bits per heavy atom. The van der Waals surface area contributed by atoms with Crippen molar-refractivity contribution in [3.8, 4) is 0 Å². The minimum absolute atomic E-state index is 0.412. The molecule has 0 aromatic carbocycles. The standard InChI is InChI=1S/C21H39NO/c1-16-14-22(15-17(2)23-16)20-12-10-19(11-13-20)21(3,4)18-8-6-5-7-9-18/h16-20H,5-15H2,1-4H3. The van der Waals surface area contributed by atoms with Crippen LogP contribution in [-0.4, -0.2) is 36.2 Å². The smallest absolute Gasteiger partial charge is 0.0678 e. The van der Waals surface area contributed by atoms with E-state index < -0.39 is 0 Å². The summed E-state index contributed by atoms with van der Waals surface area (Å²) >= 11 is 0. The van der Waals surface area contributed by atoms with Gasteiger partial charge in [-0.05, 0) is 69.6 Å². The van der Waals surface area contributed by atoms with E-state index in [4.69, 9.17) is 4.74 Å². The Bertz CT molecular complexity index is 356. The zero-order valence-corrected chi connectivity index (χ0v) is 16.0. The van der Waals surface area contributed by atoms with Gasteiger partial charge >= 0.3 is 0 Å². The highest BCUT2D eigenvalue weighted by molar-refractivity contribution is 4.92. The van der Waals surface area contributed by atoms with Crippen LogP contribution in [0.2, 0.25) is 0 Å². The Hall–Kier alpha value is -0.0800. The monoisotopic (exact) mass is 321 g/mol. The molecule has 2 unspecified atom stereocenters. The van der Waals surface area contributed by atoms with E-state index in [0.29, 0.717) is 17.6 Å². The molecule has 1 aliphatic heterocycles. The Kier molecular flexibility index (Phi) is 5.73. The van der Waals surface area contributed by atoms with Crippen LogP contribution >= 0.6 is 0 Å². The molecule has 0 N–H and O–H groups in total. The third-order valence-electron chi connectivity index (χ3n) is 7.37. The first-order chi connectivity index (χ1) is 11.0. The first-order valence-electron chi connectivity index (χ1n) is 10.4. The maximum atomic E-state index is 5.92. The predicted octanol–water partition coefficient (Wildman–Crippen LogP) is 5.26. The van der Waals surface area contributed by atoms with Gasteiger partial charge in [-0.15, -0.1) is 0 Å². The Morgan fingerprint density at radius 1 is 0.739 bits per heavy atom. The molecule has 134 valence electrons. The van der Waals surface area contributed by atoms with Crippen LogP contribution in [0.4, 0.5) is 0 Å². The zero-order chi connectivity index (χ0) is 16.4. The topological polar surface area (TPSA) is 12.5 Å². The largest absolute Gasteiger partial charge is 0.373 e. The van der Waals surface area contributed by atoms with Gasteiger partial charge in [-0.1, -0.05) is 33.1 Å². The first-order valence-corrected chi connectivity index (χ1v) is 10.4. The van der Waals surface area contributed by atoms with E-state index in [1.54, 1.807) is 0 Å². The molecule has 2 saturated carbocycles. The molecule has 0 amide bonds. The molecule has 1 saturated heterocycles. The molecular weight excluding hydrogens is 282 g/mol. The molecule has 2 atom stereocenters. The number of hydrogen-bond acceptors (Lipinski definition) is 2. The Morgan fingerprint density at radius 2 is 1.26 bits per heavy atom. The molecule has 0 aromatic heterocycles. The number of ether oxygens (including phenoxy) is 1. The zero-order valence-electron chi connectivity index (χ0n) is 16.0. The summed E-state index contributed by atoms with van der Waals surface area (Å²) in [6.07, 6.45) is 14.0. The number of rotatable bonds is 3. The summed E-state index contributed by atoms with van der Waals surface area (Å²) in [7, 11) is 0. The summed E-state index contributed by atoms with van der Waals surface area (Å²) in [4.78, 5) is 2.74. The number of morpholine rings is 1. The highest BCUT2D eigenvalue weighted by Crippen LogP contribution is 2.48. The highest BCUT2D eigenvalue weighted by Gasteiger charge is 2.40.